The average Bonchev–Trinajstić information content (AvgIpc) is 3.44. The number of carbonyl (C=O) groups is 1. The number of anilines is 1. The molecule has 1 atom stereocenters. The van der Waals surface area contributed by atoms with Crippen molar-refractivity contribution in [1.29, 1.82) is 0 Å². The van der Waals surface area contributed by atoms with Crippen LogP contribution >= 0.6 is 11.3 Å². The van der Waals surface area contributed by atoms with E-state index in [4.69, 9.17) is 9.97 Å². The van der Waals surface area contributed by atoms with Crippen LogP contribution in [-0.4, -0.2) is 33.4 Å². The molecule has 0 aromatic carbocycles. The molecule has 3 heterocycles. The smallest absolute Gasteiger partial charge is 0.239 e. The third-order valence-corrected chi connectivity index (χ3v) is 6.58. The van der Waals surface area contributed by atoms with Crippen LogP contribution in [0.25, 0.3) is 21.6 Å². The van der Waals surface area contributed by atoms with Gasteiger partial charge in [-0.3, -0.25) is 9.78 Å². The van der Waals surface area contributed by atoms with Crippen molar-refractivity contribution in [2.24, 2.45) is 5.92 Å². The average molecular weight is 394 g/mol. The number of amides is 1. The van der Waals surface area contributed by atoms with Gasteiger partial charge in [-0.05, 0) is 55.7 Å². The number of pyridine rings is 1. The van der Waals surface area contributed by atoms with E-state index in [9.17, 15) is 4.79 Å². The molecule has 0 radical (unpaired) electrons. The zero-order valence-electron chi connectivity index (χ0n) is 15.9. The fourth-order valence-electron chi connectivity index (χ4n) is 3.76. The lowest BCUT2D eigenvalue weighted by molar-refractivity contribution is -0.119. The summed E-state index contributed by atoms with van der Waals surface area (Å²) >= 11 is 1.77. The van der Waals surface area contributed by atoms with Gasteiger partial charge in [-0.1, -0.05) is 6.92 Å². The maximum Gasteiger partial charge on any atom is 0.239 e. The highest BCUT2D eigenvalue weighted by molar-refractivity contribution is 7.19. The number of nitrogens with zero attached hydrogens (tertiary/aromatic N) is 3. The number of thiophene rings is 1. The number of fused-ring (bicyclic) bond motifs is 3. The van der Waals surface area contributed by atoms with Gasteiger partial charge in [0.1, 0.15) is 10.6 Å². The molecule has 1 fully saturated rings. The maximum absolute atomic E-state index is 12.2. The van der Waals surface area contributed by atoms with Crippen LogP contribution in [0.4, 0.5) is 5.82 Å². The first-order chi connectivity index (χ1) is 13.7. The number of hydrogen-bond donors (Lipinski definition) is 2. The quantitative estimate of drug-likeness (QED) is 0.693. The SMILES string of the molecule is C[C@H]1CCc2c(sc3nc(-c4cccnc4)nc(NCC(=O)NC4CC4)c23)C1. The van der Waals surface area contributed by atoms with E-state index in [1.54, 1.807) is 23.7 Å². The van der Waals surface area contributed by atoms with Crippen LogP contribution in [0.15, 0.2) is 24.5 Å². The third kappa shape index (κ3) is 3.46. The van der Waals surface area contributed by atoms with Gasteiger partial charge in [-0.15, -0.1) is 11.3 Å². The summed E-state index contributed by atoms with van der Waals surface area (Å²) in [5.74, 6) is 2.14. The maximum atomic E-state index is 12.2. The van der Waals surface area contributed by atoms with Gasteiger partial charge in [0.25, 0.3) is 0 Å². The molecule has 3 aromatic rings. The second-order valence-electron chi connectivity index (χ2n) is 7.86. The second-order valence-corrected chi connectivity index (χ2v) is 8.95. The molecule has 0 spiro atoms. The van der Waals surface area contributed by atoms with Crippen molar-refractivity contribution >= 4 is 33.3 Å². The first-order valence-corrected chi connectivity index (χ1v) is 10.7. The summed E-state index contributed by atoms with van der Waals surface area (Å²) < 4.78 is 0. The summed E-state index contributed by atoms with van der Waals surface area (Å²) in [7, 11) is 0. The van der Waals surface area contributed by atoms with Crippen LogP contribution in [0.3, 0.4) is 0 Å². The summed E-state index contributed by atoms with van der Waals surface area (Å²) in [6, 6.07) is 4.22. The lowest BCUT2D eigenvalue weighted by atomic mass is 9.89. The topological polar surface area (TPSA) is 79.8 Å². The highest BCUT2D eigenvalue weighted by Gasteiger charge is 2.26. The Balaban J connectivity index is 1.54. The van der Waals surface area contributed by atoms with Gasteiger partial charge in [-0.25, -0.2) is 9.97 Å². The summed E-state index contributed by atoms with van der Waals surface area (Å²) in [5, 5.41) is 7.43. The largest absolute Gasteiger partial charge is 0.360 e. The molecule has 28 heavy (non-hydrogen) atoms. The van der Waals surface area contributed by atoms with E-state index in [1.807, 2.05) is 12.1 Å². The molecule has 0 unspecified atom stereocenters. The fraction of sp³-hybridized carbons (Fsp3) is 0.429. The Bertz CT molecular complexity index is 1030. The highest BCUT2D eigenvalue weighted by atomic mass is 32.1. The first kappa shape index (κ1) is 17.6. The van der Waals surface area contributed by atoms with Crippen LogP contribution in [0.1, 0.15) is 36.6 Å². The molecule has 3 aromatic heterocycles. The van der Waals surface area contributed by atoms with E-state index in [2.05, 4.69) is 22.5 Å². The molecule has 2 N–H and O–H groups in total. The van der Waals surface area contributed by atoms with Crippen LogP contribution in [0, 0.1) is 5.92 Å². The molecular weight excluding hydrogens is 370 g/mol. The van der Waals surface area contributed by atoms with Gasteiger partial charge in [0, 0.05) is 28.9 Å². The van der Waals surface area contributed by atoms with E-state index >= 15 is 0 Å². The fourth-order valence-corrected chi connectivity index (χ4v) is 5.15. The molecule has 144 valence electrons. The zero-order valence-corrected chi connectivity index (χ0v) is 16.7. The number of aromatic nitrogens is 3. The first-order valence-electron chi connectivity index (χ1n) is 9.93. The zero-order chi connectivity index (χ0) is 19.1. The van der Waals surface area contributed by atoms with E-state index in [0.29, 0.717) is 17.8 Å². The van der Waals surface area contributed by atoms with Gasteiger partial charge in [0.05, 0.1) is 11.9 Å². The Morgan fingerprint density at radius 1 is 1.29 bits per heavy atom. The van der Waals surface area contributed by atoms with Gasteiger partial charge in [-0.2, -0.15) is 0 Å². The van der Waals surface area contributed by atoms with E-state index < -0.39 is 0 Å². The molecule has 5 rings (SSSR count). The molecular formula is C21H23N5OS. The number of rotatable bonds is 5. The number of carbonyl (C=O) groups excluding carboxylic acids is 1. The molecule has 6 nitrogen and oxygen atoms in total. The van der Waals surface area contributed by atoms with Crippen LogP contribution in [-0.2, 0) is 17.6 Å². The summed E-state index contributed by atoms with van der Waals surface area (Å²) in [5.41, 5.74) is 2.25. The monoisotopic (exact) mass is 393 g/mol. The van der Waals surface area contributed by atoms with Crippen molar-refractivity contribution in [2.45, 2.75) is 45.1 Å². The molecule has 2 aliphatic rings. The summed E-state index contributed by atoms with van der Waals surface area (Å²) in [4.78, 5) is 28.5. The van der Waals surface area contributed by atoms with Crippen molar-refractivity contribution in [3.63, 3.8) is 0 Å². The Morgan fingerprint density at radius 3 is 2.96 bits per heavy atom. The molecule has 1 amide bonds. The molecule has 2 aliphatic carbocycles. The van der Waals surface area contributed by atoms with Gasteiger partial charge >= 0.3 is 0 Å². The molecule has 0 saturated heterocycles. The molecule has 1 saturated carbocycles. The number of aryl methyl sites for hydroxylation is 1. The number of hydrogen-bond acceptors (Lipinski definition) is 6. The van der Waals surface area contributed by atoms with Gasteiger partial charge in [0.2, 0.25) is 5.91 Å². The minimum atomic E-state index is 0.0231. The van der Waals surface area contributed by atoms with Crippen molar-refractivity contribution < 1.29 is 4.79 Å². The lowest BCUT2D eigenvalue weighted by Gasteiger charge is -2.18. The second kappa shape index (κ2) is 7.13. The van der Waals surface area contributed by atoms with Crippen molar-refractivity contribution in [2.75, 3.05) is 11.9 Å². The summed E-state index contributed by atoms with van der Waals surface area (Å²) in [6.45, 7) is 2.54. The third-order valence-electron chi connectivity index (χ3n) is 5.43. The highest BCUT2D eigenvalue weighted by Crippen LogP contribution is 2.40. The lowest BCUT2D eigenvalue weighted by Crippen LogP contribution is -2.31. The molecule has 0 bridgehead atoms. The predicted molar refractivity (Wildman–Crippen MR) is 111 cm³/mol. The van der Waals surface area contributed by atoms with E-state index in [1.165, 1.54) is 16.9 Å². The van der Waals surface area contributed by atoms with Crippen molar-refractivity contribution in [3.05, 3.63) is 35.0 Å². The van der Waals surface area contributed by atoms with Gasteiger partial charge in [0.15, 0.2) is 5.82 Å². The van der Waals surface area contributed by atoms with Crippen LogP contribution in [0.5, 0.6) is 0 Å². The van der Waals surface area contributed by atoms with Crippen molar-refractivity contribution in [1.82, 2.24) is 20.3 Å². The Labute approximate surface area is 167 Å². The minimum absolute atomic E-state index is 0.0231. The van der Waals surface area contributed by atoms with E-state index in [-0.39, 0.29) is 12.5 Å². The standard InChI is InChI=1S/C21H23N5OS/c1-12-4-7-15-16(9-12)28-21-18(15)20(23-11-17(27)24-14-5-6-14)25-19(26-21)13-3-2-8-22-10-13/h2-3,8,10,12,14H,4-7,9,11H2,1H3,(H,24,27)(H,23,25,26)/t12-/m0/s1. The van der Waals surface area contributed by atoms with E-state index in [0.717, 1.165) is 47.3 Å². The minimum Gasteiger partial charge on any atom is -0.360 e. The number of nitrogens with one attached hydrogen (secondary N) is 2. The molecule has 7 heteroatoms. The normalized spacial score (nSPS) is 18.7. The Morgan fingerprint density at radius 2 is 2.18 bits per heavy atom. The summed E-state index contributed by atoms with van der Waals surface area (Å²) in [6.07, 6.45) is 9.03. The van der Waals surface area contributed by atoms with Crippen LogP contribution < -0.4 is 10.6 Å². The van der Waals surface area contributed by atoms with Crippen LogP contribution in [0.2, 0.25) is 0 Å². The molecule has 0 aliphatic heterocycles. The predicted octanol–water partition coefficient (Wildman–Crippen LogP) is 3.57. The van der Waals surface area contributed by atoms with Gasteiger partial charge < -0.3 is 10.6 Å². The van der Waals surface area contributed by atoms with Crippen molar-refractivity contribution in [3.8, 4) is 11.4 Å². The Hall–Kier alpha value is -2.54. The Kier molecular flexibility index (Phi) is 4.47.